The number of alkyl halides is 1. The zero-order valence-electron chi connectivity index (χ0n) is 12.0. The van der Waals surface area contributed by atoms with E-state index in [2.05, 4.69) is 5.32 Å². The largest absolute Gasteiger partial charge is 0.445 e. The van der Waals surface area contributed by atoms with Crippen LogP contribution < -0.4 is 5.32 Å². The average molecular weight is 338 g/mol. The van der Waals surface area contributed by atoms with Crippen LogP contribution in [0.15, 0.2) is 47.2 Å². The maximum atomic E-state index is 12.2. The highest BCUT2D eigenvalue weighted by Crippen LogP contribution is 2.24. The monoisotopic (exact) mass is 337 g/mol. The van der Waals surface area contributed by atoms with E-state index in [1.807, 2.05) is 41.1 Å². The van der Waals surface area contributed by atoms with E-state index in [4.69, 9.17) is 16.3 Å². The van der Waals surface area contributed by atoms with Crippen LogP contribution in [0.5, 0.6) is 0 Å². The molecule has 0 fully saturated rings. The summed E-state index contributed by atoms with van der Waals surface area (Å²) in [6.07, 6.45) is -0.640. The number of amides is 1. The van der Waals surface area contributed by atoms with Crippen molar-refractivity contribution in [1.29, 1.82) is 0 Å². The third kappa shape index (κ3) is 4.58. The lowest BCUT2D eigenvalue weighted by atomic mass is 10.1. The van der Waals surface area contributed by atoms with Crippen LogP contribution in [0.3, 0.4) is 0 Å². The quantitative estimate of drug-likeness (QED) is 0.813. The predicted octanol–water partition coefficient (Wildman–Crippen LogP) is 3.91. The van der Waals surface area contributed by atoms with Crippen molar-refractivity contribution >= 4 is 34.8 Å². The first-order valence-corrected chi connectivity index (χ1v) is 8.13. The summed E-state index contributed by atoms with van der Waals surface area (Å²) in [6.45, 7) is 1.75. The maximum Gasteiger partial charge on any atom is 0.408 e. The number of thiophene rings is 1. The van der Waals surface area contributed by atoms with Gasteiger partial charge in [0, 0.05) is 0 Å². The van der Waals surface area contributed by atoms with Crippen molar-refractivity contribution < 1.29 is 14.3 Å². The Hall–Kier alpha value is -1.85. The number of Topliss-reactive ketones (excluding diaryl/α,β-unsaturated/α-hetero) is 1. The molecule has 0 aliphatic carbocycles. The van der Waals surface area contributed by atoms with Crippen LogP contribution in [-0.4, -0.2) is 17.9 Å². The third-order valence-electron chi connectivity index (χ3n) is 3.06. The van der Waals surface area contributed by atoms with E-state index in [0.29, 0.717) is 0 Å². The standard InChI is InChI=1S/C16H16ClNO3S/c1-11(15(19)14(17)13-7-8-22-10-13)18-16(20)21-9-12-5-3-2-4-6-12/h2-8,10-11,14H,9H2,1H3,(H,18,20)/t11?,14-/m1/s1. The van der Waals surface area contributed by atoms with E-state index in [0.717, 1.165) is 11.1 Å². The van der Waals surface area contributed by atoms with Crippen molar-refractivity contribution in [3.63, 3.8) is 0 Å². The predicted molar refractivity (Wildman–Crippen MR) is 87.1 cm³/mol. The molecule has 1 amide bonds. The number of ether oxygens (including phenoxy) is 1. The number of nitrogens with one attached hydrogen (secondary N) is 1. The molecular formula is C16H16ClNO3S. The molecular weight excluding hydrogens is 322 g/mol. The molecule has 2 aromatic rings. The zero-order valence-corrected chi connectivity index (χ0v) is 13.6. The fourth-order valence-corrected chi connectivity index (χ4v) is 2.90. The van der Waals surface area contributed by atoms with Gasteiger partial charge in [0.05, 0.1) is 6.04 Å². The van der Waals surface area contributed by atoms with Crippen molar-refractivity contribution in [1.82, 2.24) is 5.32 Å². The molecule has 1 unspecified atom stereocenters. The highest BCUT2D eigenvalue weighted by atomic mass is 35.5. The fourth-order valence-electron chi connectivity index (χ4n) is 1.82. The summed E-state index contributed by atoms with van der Waals surface area (Å²) in [5, 5.41) is 5.40. The fraction of sp³-hybridized carbons (Fsp3) is 0.250. The van der Waals surface area contributed by atoms with Crippen LogP contribution in [0.1, 0.15) is 23.4 Å². The highest BCUT2D eigenvalue weighted by Gasteiger charge is 2.25. The SMILES string of the molecule is CC(NC(=O)OCc1ccccc1)C(=O)[C@H](Cl)c1ccsc1. The van der Waals surface area contributed by atoms with Gasteiger partial charge >= 0.3 is 6.09 Å². The molecule has 0 aliphatic heterocycles. The lowest BCUT2D eigenvalue weighted by molar-refractivity contribution is -0.120. The number of alkyl carbamates (subject to hydrolysis) is 1. The summed E-state index contributed by atoms with van der Waals surface area (Å²) >= 11 is 7.58. The molecule has 0 saturated carbocycles. The number of rotatable bonds is 6. The average Bonchev–Trinajstić information content (AvgIpc) is 3.07. The van der Waals surface area contributed by atoms with Gasteiger partial charge in [-0.2, -0.15) is 11.3 Å². The molecule has 0 saturated heterocycles. The minimum atomic E-state index is -0.768. The topological polar surface area (TPSA) is 55.4 Å². The van der Waals surface area contributed by atoms with Crippen LogP contribution in [0.2, 0.25) is 0 Å². The normalized spacial score (nSPS) is 13.2. The molecule has 22 heavy (non-hydrogen) atoms. The smallest absolute Gasteiger partial charge is 0.408 e. The van der Waals surface area contributed by atoms with Crippen LogP contribution in [0.25, 0.3) is 0 Å². The van der Waals surface area contributed by atoms with E-state index in [9.17, 15) is 9.59 Å². The van der Waals surface area contributed by atoms with Crippen molar-refractivity contribution in [2.45, 2.75) is 24.9 Å². The van der Waals surface area contributed by atoms with E-state index in [1.165, 1.54) is 11.3 Å². The van der Waals surface area contributed by atoms with Gasteiger partial charge in [0.15, 0.2) is 5.78 Å². The first-order chi connectivity index (χ1) is 10.6. The molecule has 1 aromatic carbocycles. The Morgan fingerprint density at radius 1 is 1.27 bits per heavy atom. The molecule has 116 valence electrons. The number of hydrogen-bond acceptors (Lipinski definition) is 4. The van der Waals surface area contributed by atoms with Gasteiger partial charge in [-0.3, -0.25) is 4.79 Å². The molecule has 1 heterocycles. The number of carbonyl (C=O) groups excluding carboxylic acids is 2. The molecule has 0 aliphatic rings. The lowest BCUT2D eigenvalue weighted by Crippen LogP contribution is -2.40. The van der Waals surface area contributed by atoms with Crippen LogP contribution in [0.4, 0.5) is 4.79 Å². The summed E-state index contributed by atoms with van der Waals surface area (Å²) in [6, 6.07) is 10.4. The number of hydrogen-bond donors (Lipinski definition) is 1. The number of benzene rings is 1. The Bertz CT molecular complexity index is 616. The van der Waals surface area contributed by atoms with Gasteiger partial charge < -0.3 is 10.1 Å². The Balaban J connectivity index is 1.82. The third-order valence-corrected chi connectivity index (χ3v) is 4.23. The van der Waals surface area contributed by atoms with Crippen LogP contribution >= 0.6 is 22.9 Å². The lowest BCUT2D eigenvalue weighted by Gasteiger charge is -2.15. The molecule has 1 aromatic heterocycles. The summed E-state index contributed by atoms with van der Waals surface area (Å²) in [5.41, 5.74) is 1.62. The van der Waals surface area contributed by atoms with E-state index < -0.39 is 17.5 Å². The summed E-state index contributed by atoms with van der Waals surface area (Å²) in [5.74, 6) is -0.267. The van der Waals surface area contributed by atoms with Crippen LogP contribution in [0, 0.1) is 0 Å². The van der Waals surface area contributed by atoms with Crippen molar-refractivity contribution in [2.24, 2.45) is 0 Å². The van der Waals surface area contributed by atoms with Crippen molar-refractivity contribution in [2.75, 3.05) is 0 Å². The van der Waals surface area contributed by atoms with Crippen LogP contribution in [-0.2, 0) is 16.1 Å². The van der Waals surface area contributed by atoms with Gasteiger partial charge in [-0.25, -0.2) is 4.79 Å². The van der Waals surface area contributed by atoms with Gasteiger partial charge in [-0.15, -0.1) is 11.6 Å². The molecule has 0 bridgehead atoms. The van der Waals surface area contributed by atoms with Gasteiger partial charge in [0.2, 0.25) is 0 Å². The second-order valence-corrected chi connectivity index (χ2v) is 5.97. The Morgan fingerprint density at radius 3 is 2.64 bits per heavy atom. The molecule has 0 spiro atoms. The van der Waals surface area contributed by atoms with Gasteiger partial charge in [0.1, 0.15) is 12.0 Å². The number of carbonyl (C=O) groups is 2. The zero-order chi connectivity index (χ0) is 15.9. The first-order valence-electron chi connectivity index (χ1n) is 6.75. The molecule has 2 atom stereocenters. The van der Waals surface area contributed by atoms with Gasteiger partial charge in [-0.05, 0) is 34.9 Å². The molecule has 4 nitrogen and oxygen atoms in total. The summed E-state index contributed by atoms with van der Waals surface area (Å²) in [7, 11) is 0. The van der Waals surface area contributed by atoms with Crippen molar-refractivity contribution in [3.05, 3.63) is 58.3 Å². The molecule has 0 radical (unpaired) electrons. The van der Waals surface area contributed by atoms with E-state index in [-0.39, 0.29) is 12.4 Å². The molecule has 1 N–H and O–H groups in total. The van der Waals surface area contributed by atoms with E-state index >= 15 is 0 Å². The molecule has 2 rings (SSSR count). The summed E-state index contributed by atoms with van der Waals surface area (Å²) < 4.78 is 5.08. The van der Waals surface area contributed by atoms with Gasteiger partial charge in [0.25, 0.3) is 0 Å². The molecule has 6 heteroatoms. The highest BCUT2D eigenvalue weighted by molar-refractivity contribution is 7.08. The van der Waals surface area contributed by atoms with Crippen molar-refractivity contribution in [3.8, 4) is 0 Å². The van der Waals surface area contributed by atoms with Gasteiger partial charge in [-0.1, -0.05) is 30.3 Å². The maximum absolute atomic E-state index is 12.2. The number of ketones is 1. The second-order valence-electron chi connectivity index (χ2n) is 4.75. The Kier molecular flexibility index (Phi) is 5.98. The second kappa shape index (κ2) is 7.96. The first kappa shape index (κ1) is 16.5. The Labute approximate surface area is 138 Å². The van der Waals surface area contributed by atoms with E-state index in [1.54, 1.807) is 13.0 Å². The minimum absolute atomic E-state index is 0.155. The summed E-state index contributed by atoms with van der Waals surface area (Å²) in [4.78, 5) is 23.9. The number of halogens is 1. The Morgan fingerprint density at radius 2 is 2.00 bits per heavy atom. The minimum Gasteiger partial charge on any atom is -0.445 e.